The van der Waals surface area contributed by atoms with E-state index >= 15 is 0 Å². The first kappa shape index (κ1) is 18.5. The fourth-order valence-corrected chi connectivity index (χ4v) is 3.70. The zero-order valence-electron chi connectivity index (χ0n) is 16.0. The molecule has 0 heterocycles. The van der Waals surface area contributed by atoms with Gasteiger partial charge in [-0.15, -0.1) is 0 Å². The van der Waals surface area contributed by atoms with Crippen LogP contribution in [0.3, 0.4) is 0 Å². The van der Waals surface area contributed by atoms with Crippen molar-refractivity contribution in [3.05, 3.63) is 64.7 Å². The number of fused-ring (bicyclic) bond motifs is 1. The summed E-state index contributed by atoms with van der Waals surface area (Å²) in [7, 11) is 1.67. The number of nitrogens with one attached hydrogen (secondary N) is 1. The third-order valence-electron chi connectivity index (χ3n) is 5.14. The number of rotatable bonds is 6. The van der Waals surface area contributed by atoms with Gasteiger partial charge in [0.1, 0.15) is 5.75 Å². The second kappa shape index (κ2) is 8.39. The number of amides is 1. The van der Waals surface area contributed by atoms with E-state index in [9.17, 15) is 4.79 Å². The average molecular weight is 351 g/mol. The van der Waals surface area contributed by atoms with E-state index in [1.807, 2.05) is 30.3 Å². The van der Waals surface area contributed by atoms with E-state index < -0.39 is 0 Å². The minimum atomic E-state index is 0.00411. The van der Waals surface area contributed by atoms with Crippen LogP contribution in [0.15, 0.2) is 42.5 Å². The Bertz CT molecular complexity index is 749. The van der Waals surface area contributed by atoms with Crippen molar-refractivity contribution in [2.75, 3.05) is 7.11 Å². The molecule has 0 aromatic heterocycles. The summed E-state index contributed by atoms with van der Waals surface area (Å²) in [6, 6.07) is 14.2. The molecule has 0 aliphatic heterocycles. The van der Waals surface area contributed by atoms with Gasteiger partial charge in [0.05, 0.1) is 13.2 Å². The molecule has 1 aliphatic rings. The van der Waals surface area contributed by atoms with Crippen LogP contribution >= 0.6 is 0 Å². The highest BCUT2D eigenvalue weighted by molar-refractivity contribution is 5.94. The first-order valence-corrected chi connectivity index (χ1v) is 9.63. The maximum absolute atomic E-state index is 12.9. The molecule has 1 unspecified atom stereocenters. The highest BCUT2D eigenvalue weighted by Crippen LogP contribution is 2.25. The number of ether oxygens (including phenoxy) is 1. The minimum Gasteiger partial charge on any atom is -0.497 e. The zero-order chi connectivity index (χ0) is 18.5. The number of hydrogen-bond acceptors (Lipinski definition) is 2. The van der Waals surface area contributed by atoms with Gasteiger partial charge in [0.2, 0.25) is 0 Å². The van der Waals surface area contributed by atoms with E-state index in [0.717, 1.165) is 36.1 Å². The molecule has 0 saturated heterocycles. The van der Waals surface area contributed by atoms with Crippen LogP contribution in [0.4, 0.5) is 0 Å². The summed E-state index contributed by atoms with van der Waals surface area (Å²) in [6.45, 7) is 4.36. The van der Waals surface area contributed by atoms with Gasteiger partial charge in [-0.05, 0) is 79.0 Å². The molecule has 0 spiro atoms. The van der Waals surface area contributed by atoms with E-state index in [-0.39, 0.29) is 11.9 Å². The van der Waals surface area contributed by atoms with Gasteiger partial charge in [-0.2, -0.15) is 0 Å². The second-order valence-electron chi connectivity index (χ2n) is 7.62. The van der Waals surface area contributed by atoms with Crippen LogP contribution < -0.4 is 10.1 Å². The molecule has 3 rings (SSSR count). The van der Waals surface area contributed by atoms with Crippen LogP contribution in [0.1, 0.15) is 66.2 Å². The molecule has 26 heavy (non-hydrogen) atoms. The summed E-state index contributed by atoms with van der Waals surface area (Å²) in [5, 5.41) is 3.25. The maximum Gasteiger partial charge on any atom is 0.251 e. The molecule has 138 valence electrons. The molecule has 3 heteroatoms. The Morgan fingerprint density at radius 1 is 1.04 bits per heavy atom. The fourth-order valence-electron chi connectivity index (χ4n) is 3.70. The van der Waals surface area contributed by atoms with E-state index in [1.54, 1.807) is 7.11 Å². The van der Waals surface area contributed by atoms with Crippen LogP contribution in [-0.4, -0.2) is 13.0 Å². The summed E-state index contributed by atoms with van der Waals surface area (Å²) < 4.78 is 5.25. The van der Waals surface area contributed by atoms with Gasteiger partial charge in [-0.3, -0.25) is 4.79 Å². The first-order chi connectivity index (χ1) is 12.6. The van der Waals surface area contributed by atoms with Crippen LogP contribution in [0.5, 0.6) is 5.75 Å². The van der Waals surface area contributed by atoms with Crippen LogP contribution in [0.2, 0.25) is 0 Å². The molecule has 3 nitrogen and oxygen atoms in total. The lowest BCUT2D eigenvalue weighted by molar-refractivity contribution is 0.0932. The highest BCUT2D eigenvalue weighted by Gasteiger charge is 2.19. The summed E-state index contributed by atoms with van der Waals surface area (Å²) in [5.41, 5.74) is 4.63. The van der Waals surface area contributed by atoms with Crippen molar-refractivity contribution >= 4 is 5.91 Å². The lowest BCUT2D eigenvalue weighted by Crippen LogP contribution is -2.29. The van der Waals surface area contributed by atoms with Gasteiger partial charge < -0.3 is 10.1 Å². The normalized spacial score (nSPS) is 14.6. The Kier molecular flexibility index (Phi) is 5.97. The van der Waals surface area contributed by atoms with Crippen molar-refractivity contribution in [3.63, 3.8) is 0 Å². The van der Waals surface area contributed by atoms with Crippen molar-refractivity contribution in [3.8, 4) is 5.75 Å². The lowest BCUT2D eigenvalue weighted by Gasteiger charge is -2.22. The average Bonchev–Trinajstić information content (AvgIpc) is 2.66. The number of benzene rings is 2. The summed E-state index contributed by atoms with van der Waals surface area (Å²) >= 11 is 0. The number of aryl methyl sites for hydroxylation is 2. The molecule has 1 aliphatic carbocycles. The Morgan fingerprint density at radius 2 is 1.73 bits per heavy atom. The molecule has 2 aromatic rings. The standard InChI is InChI=1S/C23H29NO2/c1-16(2)14-22(18-10-12-21(26-3)13-11-18)24-23(25)20-9-8-17-6-4-5-7-19(17)15-20/h8-13,15-16,22H,4-7,14H2,1-3H3,(H,24,25). The zero-order valence-corrected chi connectivity index (χ0v) is 16.0. The first-order valence-electron chi connectivity index (χ1n) is 9.63. The molecule has 1 N–H and O–H groups in total. The number of carbonyl (C=O) groups excluding carboxylic acids is 1. The molecule has 0 saturated carbocycles. The SMILES string of the molecule is COc1ccc(C(CC(C)C)NC(=O)c2ccc3c(c2)CCCC3)cc1. The second-order valence-corrected chi connectivity index (χ2v) is 7.62. The lowest BCUT2D eigenvalue weighted by atomic mass is 9.90. The number of hydrogen-bond donors (Lipinski definition) is 1. The molecule has 2 aromatic carbocycles. The van der Waals surface area contributed by atoms with E-state index in [0.29, 0.717) is 5.92 Å². The van der Waals surface area contributed by atoms with Crippen LogP contribution in [0.25, 0.3) is 0 Å². The monoisotopic (exact) mass is 351 g/mol. The predicted molar refractivity (Wildman–Crippen MR) is 106 cm³/mol. The smallest absolute Gasteiger partial charge is 0.251 e. The Balaban J connectivity index is 1.78. The summed E-state index contributed by atoms with van der Waals surface area (Å²) in [5.74, 6) is 1.34. The van der Waals surface area contributed by atoms with Gasteiger partial charge >= 0.3 is 0 Å². The topological polar surface area (TPSA) is 38.3 Å². The molecular weight excluding hydrogens is 322 g/mol. The van der Waals surface area contributed by atoms with Crippen molar-refractivity contribution in [2.24, 2.45) is 5.92 Å². The van der Waals surface area contributed by atoms with Crippen molar-refractivity contribution in [1.82, 2.24) is 5.32 Å². The number of carbonyl (C=O) groups is 1. The third-order valence-corrected chi connectivity index (χ3v) is 5.14. The summed E-state index contributed by atoms with van der Waals surface area (Å²) in [4.78, 5) is 12.9. The van der Waals surface area contributed by atoms with Gasteiger partial charge in [-0.1, -0.05) is 32.0 Å². The molecule has 0 radical (unpaired) electrons. The van der Waals surface area contributed by atoms with Gasteiger partial charge in [0.25, 0.3) is 5.91 Å². The number of methoxy groups -OCH3 is 1. The predicted octanol–water partition coefficient (Wildman–Crippen LogP) is 5.09. The van der Waals surface area contributed by atoms with E-state index in [2.05, 4.69) is 31.3 Å². The Hall–Kier alpha value is -2.29. The Morgan fingerprint density at radius 3 is 2.38 bits per heavy atom. The molecule has 1 atom stereocenters. The van der Waals surface area contributed by atoms with Gasteiger partial charge in [0.15, 0.2) is 0 Å². The molecular formula is C23H29NO2. The Labute approximate surface area is 156 Å². The molecule has 0 fully saturated rings. The van der Waals surface area contributed by atoms with Crippen molar-refractivity contribution in [2.45, 2.75) is 52.0 Å². The maximum atomic E-state index is 12.9. The van der Waals surface area contributed by atoms with Crippen molar-refractivity contribution < 1.29 is 9.53 Å². The third kappa shape index (κ3) is 4.46. The summed E-state index contributed by atoms with van der Waals surface area (Å²) in [6.07, 6.45) is 5.61. The quantitative estimate of drug-likeness (QED) is 0.787. The molecule has 1 amide bonds. The van der Waals surface area contributed by atoms with Gasteiger partial charge in [-0.25, -0.2) is 0 Å². The highest BCUT2D eigenvalue weighted by atomic mass is 16.5. The largest absolute Gasteiger partial charge is 0.497 e. The van der Waals surface area contributed by atoms with Crippen LogP contribution in [0, 0.1) is 5.92 Å². The van der Waals surface area contributed by atoms with Crippen LogP contribution in [-0.2, 0) is 12.8 Å². The molecule has 0 bridgehead atoms. The van der Waals surface area contributed by atoms with Gasteiger partial charge in [0, 0.05) is 5.56 Å². The van der Waals surface area contributed by atoms with Crippen molar-refractivity contribution in [1.29, 1.82) is 0 Å². The van der Waals surface area contributed by atoms with E-state index in [1.165, 1.54) is 24.0 Å². The fraction of sp³-hybridized carbons (Fsp3) is 0.435. The van der Waals surface area contributed by atoms with E-state index in [4.69, 9.17) is 4.74 Å². The minimum absolute atomic E-state index is 0.00411.